The molecule has 1 aromatic heterocycles. The van der Waals surface area contributed by atoms with E-state index in [-0.39, 0.29) is 0 Å². The minimum atomic E-state index is 0.688. The van der Waals surface area contributed by atoms with E-state index in [1.54, 1.807) is 0 Å². The lowest BCUT2D eigenvalue weighted by Gasteiger charge is -2.23. The number of pyridine rings is 1. The number of rotatable bonds is 7. The predicted molar refractivity (Wildman–Crippen MR) is 90.7 cm³/mol. The smallest absolute Gasteiger partial charge is 0.0445 e. The van der Waals surface area contributed by atoms with Gasteiger partial charge >= 0.3 is 0 Å². The summed E-state index contributed by atoms with van der Waals surface area (Å²) >= 11 is 0. The highest BCUT2D eigenvalue weighted by molar-refractivity contribution is 5.54. The summed E-state index contributed by atoms with van der Waals surface area (Å²) in [6.07, 6.45) is 6.07. The zero-order valence-corrected chi connectivity index (χ0v) is 14.2. The van der Waals surface area contributed by atoms with Gasteiger partial charge in [-0.1, -0.05) is 27.2 Å². The van der Waals surface area contributed by atoms with Crippen LogP contribution in [0.25, 0.3) is 0 Å². The fraction of sp³-hybridized carbons (Fsp3) is 0.722. The van der Waals surface area contributed by atoms with Crippen molar-refractivity contribution in [3.8, 4) is 0 Å². The van der Waals surface area contributed by atoms with Crippen molar-refractivity contribution in [3.05, 3.63) is 23.5 Å². The van der Waals surface area contributed by atoms with Gasteiger partial charge in [0, 0.05) is 42.8 Å². The van der Waals surface area contributed by atoms with Gasteiger partial charge < -0.3 is 10.2 Å². The van der Waals surface area contributed by atoms with E-state index >= 15 is 0 Å². The van der Waals surface area contributed by atoms with Crippen LogP contribution in [0.3, 0.4) is 0 Å². The molecule has 0 aliphatic carbocycles. The van der Waals surface area contributed by atoms with Crippen LogP contribution in [0, 0.1) is 18.8 Å². The molecule has 0 amide bonds. The molecule has 0 aromatic carbocycles. The number of aryl methyl sites for hydroxylation is 1. The molecule has 1 fully saturated rings. The van der Waals surface area contributed by atoms with Gasteiger partial charge in [0.15, 0.2) is 0 Å². The monoisotopic (exact) mass is 289 g/mol. The highest BCUT2D eigenvalue weighted by atomic mass is 15.2. The van der Waals surface area contributed by atoms with E-state index in [2.05, 4.69) is 55.2 Å². The highest BCUT2D eigenvalue weighted by Gasteiger charge is 2.23. The molecule has 1 N–H and O–H groups in total. The van der Waals surface area contributed by atoms with E-state index in [4.69, 9.17) is 0 Å². The van der Waals surface area contributed by atoms with Gasteiger partial charge in [0.25, 0.3) is 0 Å². The molecule has 3 nitrogen and oxygen atoms in total. The van der Waals surface area contributed by atoms with Gasteiger partial charge in [-0.05, 0) is 44.2 Å². The Labute approximate surface area is 130 Å². The topological polar surface area (TPSA) is 28.2 Å². The maximum atomic E-state index is 4.50. The van der Waals surface area contributed by atoms with Gasteiger partial charge in [-0.15, -0.1) is 0 Å². The van der Waals surface area contributed by atoms with Crippen molar-refractivity contribution < 1.29 is 0 Å². The highest BCUT2D eigenvalue weighted by Crippen LogP contribution is 2.29. The summed E-state index contributed by atoms with van der Waals surface area (Å²) in [4.78, 5) is 7.07. The molecule has 2 rings (SSSR count). The van der Waals surface area contributed by atoms with Crippen molar-refractivity contribution in [2.75, 3.05) is 24.5 Å². The lowest BCUT2D eigenvalue weighted by molar-refractivity contribution is 0.529. The summed E-state index contributed by atoms with van der Waals surface area (Å²) in [7, 11) is 0. The first-order chi connectivity index (χ1) is 10.1. The number of hydrogen-bond acceptors (Lipinski definition) is 3. The molecule has 1 aliphatic rings. The molecule has 1 aliphatic heterocycles. The molecule has 0 bridgehead atoms. The molecular weight excluding hydrogens is 258 g/mol. The maximum absolute atomic E-state index is 4.50. The summed E-state index contributed by atoms with van der Waals surface area (Å²) in [6.45, 7) is 13.3. The van der Waals surface area contributed by atoms with Crippen molar-refractivity contribution in [2.24, 2.45) is 11.8 Å². The van der Waals surface area contributed by atoms with Crippen molar-refractivity contribution in [3.63, 3.8) is 0 Å². The lowest BCUT2D eigenvalue weighted by Crippen LogP contribution is -2.24. The molecule has 3 heteroatoms. The van der Waals surface area contributed by atoms with Gasteiger partial charge in [-0.2, -0.15) is 0 Å². The average molecular weight is 289 g/mol. The molecule has 0 radical (unpaired) electrons. The van der Waals surface area contributed by atoms with Crippen LogP contribution in [0.1, 0.15) is 51.3 Å². The fourth-order valence-electron chi connectivity index (χ4n) is 3.20. The minimum Gasteiger partial charge on any atom is -0.371 e. The van der Waals surface area contributed by atoms with Crippen molar-refractivity contribution in [1.29, 1.82) is 0 Å². The third kappa shape index (κ3) is 4.70. The Morgan fingerprint density at radius 2 is 2.24 bits per heavy atom. The van der Waals surface area contributed by atoms with Crippen LogP contribution in [-0.4, -0.2) is 24.6 Å². The minimum absolute atomic E-state index is 0.688. The first-order valence-corrected chi connectivity index (χ1v) is 8.51. The first kappa shape index (κ1) is 16.3. The second-order valence-corrected chi connectivity index (χ2v) is 6.87. The van der Waals surface area contributed by atoms with Gasteiger partial charge in [0.05, 0.1) is 0 Å². The molecule has 118 valence electrons. The molecule has 1 atom stereocenters. The zero-order chi connectivity index (χ0) is 15.2. The molecule has 0 saturated carbocycles. The molecule has 1 aromatic rings. The fourth-order valence-corrected chi connectivity index (χ4v) is 3.20. The molecule has 1 unspecified atom stereocenters. The third-order valence-electron chi connectivity index (χ3n) is 4.29. The van der Waals surface area contributed by atoms with Crippen LogP contribution in [0.4, 0.5) is 5.69 Å². The van der Waals surface area contributed by atoms with E-state index in [0.717, 1.165) is 24.7 Å². The van der Waals surface area contributed by atoms with Crippen LogP contribution >= 0.6 is 0 Å². The van der Waals surface area contributed by atoms with E-state index in [0.29, 0.717) is 5.92 Å². The molecule has 2 heterocycles. The number of nitrogens with zero attached hydrogens (tertiary/aromatic N) is 2. The van der Waals surface area contributed by atoms with E-state index in [9.17, 15) is 0 Å². The summed E-state index contributed by atoms with van der Waals surface area (Å²) in [5.41, 5.74) is 3.87. The summed E-state index contributed by atoms with van der Waals surface area (Å²) < 4.78 is 0. The normalized spacial score (nSPS) is 18.7. The van der Waals surface area contributed by atoms with Crippen molar-refractivity contribution in [2.45, 2.75) is 53.5 Å². The number of nitrogens with one attached hydrogen (secondary N) is 1. The maximum Gasteiger partial charge on any atom is 0.0445 e. The average Bonchev–Trinajstić information content (AvgIpc) is 2.89. The molecular formula is C18H31N3. The van der Waals surface area contributed by atoms with Crippen molar-refractivity contribution >= 4 is 5.69 Å². The van der Waals surface area contributed by atoms with Gasteiger partial charge in [0.2, 0.25) is 0 Å². The Morgan fingerprint density at radius 3 is 2.95 bits per heavy atom. The quantitative estimate of drug-likeness (QED) is 0.828. The van der Waals surface area contributed by atoms with Gasteiger partial charge in [0.1, 0.15) is 0 Å². The summed E-state index contributed by atoms with van der Waals surface area (Å²) in [5, 5.41) is 3.55. The standard InChI is InChI=1S/C18H31N3/c1-5-6-16-7-8-21(13-16)18-9-15(4)20-12-17(18)11-19-10-14(2)3/h9,12,14,16,19H,5-8,10-11,13H2,1-4H3. The Hall–Kier alpha value is -1.09. The lowest BCUT2D eigenvalue weighted by atomic mass is 10.0. The van der Waals surface area contributed by atoms with E-state index < -0.39 is 0 Å². The van der Waals surface area contributed by atoms with E-state index in [1.807, 2.05) is 0 Å². The second kappa shape index (κ2) is 7.79. The number of aromatic nitrogens is 1. The van der Waals surface area contributed by atoms with Crippen LogP contribution in [0.15, 0.2) is 12.3 Å². The third-order valence-corrected chi connectivity index (χ3v) is 4.29. The predicted octanol–water partition coefficient (Wildman–Crippen LogP) is 3.76. The first-order valence-electron chi connectivity index (χ1n) is 8.51. The molecule has 1 saturated heterocycles. The Morgan fingerprint density at radius 1 is 1.43 bits per heavy atom. The van der Waals surface area contributed by atoms with Crippen LogP contribution in [0.5, 0.6) is 0 Å². The molecule has 0 spiro atoms. The Kier molecular flexibility index (Phi) is 6.04. The largest absolute Gasteiger partial charge is 0.371 e. The Balaban J connectivity index is 2.05. The van der Waals surface area contributed by atoms with Crippen LogP contribution in [0.2, 0.25) is 0 Å². The van der Waals surface area contributed by atoms with Gasteiger partial charge in [-0.25, -0.2) is 0 Å². The summed E-state index contributed by atoms with van der Waals surface area (Å²) in [5.74, 6) is 1.56. The Bertz CT molecular complexity index is 442. The van der Waals surface area contributed by atoms with Crippen LogP contribution < -0.4 is 10.2 Å². The van der Waals surface area contributed by atoms with Crippen molar-refractivity contribution in [1.82, 2.24) is 10.3 Å². The van der Waals surface area contributed by atoms with E-state index in [1.165, 1.54) is 43.6 Å². The summed E-state index contributed by atoms with van der Waals surface area (Å²) in [6, 6.07) is 2.26. The molecule has 21 heavy (non-hydrogen) atoms. The SMILES string of the molecule is CCCC1CCN(c2cc(C)ncc2CNCC(C)C)C1. The van der Waals surface area contributed by atoms with Crippen LogP contribution in [-0.2, 0) is 6.54 Å². The number of hydrogen-bond donors (Lipinski definition) is 1. The second-order valence-electron chi connectivity index (χ2n) is 6.87. The van der Waals surface area contributed by atoms with Gasteiger partial charge in [-0.3, -0.25) is 4.98 Å². The number of anilines is 1. The zero-order valence-electron chi connectivity index (χ0n) is 14.2.